The number of hydrogen-bond acceptors (Lipinski definition) is 2. The van der Waals surface area contributed by atoms with E-state index in [1.165, 1.54) is 30.7 Å². The van der Waals surface area contributed by atoms with E-state index in [4.69, 9.17) is 0 Å². The summed E-state index contributed by atoms with van der Waals surface area (Å²) in [6.45, 7) is 4.27. The molecule has 1 fully saturated rings. The molecular weight excluding hydrogens is 186 g/mol. The van der Waals surface area contributed by atoms with E-state index in [0.717, 1.165) is 25.4 Å². The molecule has 1 heterocycles. The van der Waals surface area contributed by atoms with Crippen LogP contribution in [0.2, 0.25) is 0 Å². The van der Waals surface area contributed by atoms with Gasteiger partial charge in [-0.1, -0.05) is 0 Å². The zero-order chi connectivity index (χ0) is 10.7. The van der Waals surface area contributed by atoms with Crippen molar-refractivity contribution in [1.29, 1.82) is 0 Å². The van der Waals surface area contributed by atoms with Gasteiger partial charge in [0, 0.05) is 18.2 Å². The summed E-state index contributed by atoms with van der Waals surface area (Å²) in [7, 11) is 2.00. The van der Waals surface area contributed by atoms with Crippen LogP contribution in [0, 0.1) is 0 Å². The molecule has 0 aromatic carbocycles. The van der Waals surface area contributed by atoms with Crippen molar-refractivity contribution in [3.63, 3.8) is 0 Å². The quantitative estimate of drug-likeness (QED) is 0.722. The van der Waals surface area contributed by atoms with E-state index in [2.05, 4.69) is 28.1 Å². The van der Waals surface area contributed by atoms with Crippen LogP contribution in [0.4, 0.5) is 0 Å². The van der Waals surface area contributed by atoms with Crippen LogP contribution in [-0.2, 0) is 13.0 Å². The lowest BCUT2D eigenvalue weighted by molar-refractivity contribution is 0.608. The van der Waals surface area contributed by atoms with Gasteiger partial charge in [0.1, 0.15) is 0 Å². The Morgan fingerprint density at radius 2 is 2.33 bits per heavy atom. The average molecular weight is 207 g/mol. The van der Waals surface area contributed by atoms with Crippen LogP contribution in [0.5, 0.6) is 0 Å². The van der Waals surface area contributed by atoms with E-state index in [1.807, 2.05) is 7.05 Å². The molecule has 0 amide bonds. The second-order valence-electron chi connectivity index (χ2n) is 4.36. The van der Waals surface area contributed by atoms with Gasteiger partial charge in [0.25, 0.3) is 0 Å². The first-order valence-electron chi connectivity index (χ1n) is 6.06. The van der Waals surface area contributed by atoms with Gasteiger partial charge in [0.05, 0.1) is 5.69 Å². The van der Waals surface area contributed by atoms with Crippen molar-refractivity contribution in [3.8, 4) is 0 Å². The molecule has 3 heteroatoms. The minimum absolute atomic E-state index is 0.815. The fourth-order valence-electron chi connectivity index (χ4n) is 2.02. The Balaban J connectivity index is 1.98. The predicted octanol–water partition coefficient (Wildman–Crippen LogP) is 1.93. The Labute approximate surface area is 91.9 Å². The third-order valence-electron chi connectivity index (χ3n) is 3.02. The van der Waals surface area contributed by atoms with Crippen LogP contribution < -0.4 is 5.32 Å². The molecule has 0 aliphatic heterocycles. The van der Waals surface area contributed by atoms with E-state index in [-0.39, 0.29) is 0 Å². The first-order valence-corrected chi connectivity index (χ1v) is 6.06. The van der Waals surface area contributed by atoms with Crippen LogP contribution in [-0.4, -0.2) is 23.4 Å². The van der Waals surface area contributed by atoms with Crippen LogP contribution in [0.3, 0.4) is 0 Å². The highest BCUT2D eigenvalue weighted by Crippen LogP contribution is 2.40. The molecule has 3 nitrogen and oxygen atoms in total. The minimum atomic E-state index is 0.815. The fraction of sp³-hybridized carbons (Fsp3) is 0.750. The fourth-order valence-corrected chi connectivity index (χ4v) is 2.02. The second-order valence-corrected chi connectivity index (χ2v) is 4.36. The Hall–Kier alpha value is -0.830. The molecule has 0 unspecified atom stereocenters. The summed E-state index contributed by atoms with van der Waals surface area (Å²) < 4.78 is 2.19. The number of nitrogens with one attached hydrogen (secondary N) is 1. The number of rotatable bonds is 6. The number of aryl methyl sites for hydroxylation is 2. The lowest BCUT2D eigenvalue weighted by atomic mass is 10.2. The van der Waals surface area contributed by atoms with Crippen molar-refractivity contribution in [1.82, 2.24) is 15.1 Å². The highest BCUT2D eigenvalue weighted by atomic mass is 15.3. The average Bonchev–Trinajstić information content (AvgIpc) is 3.01. The molecule has 0 bridgehead atoms. The molecule has 0 saturated heterocycles. The molecule has 1 aromatic rings. The Morgan fingerprint density at radius 3 is 2.93 bits per heavy atom. The Morgan fingerprint density at radius 1 is 1.53 bits per heavy atom. The molecule has 0 spiro atoms. The van der Waals surface area contributed by atoms with E-state index >= 15 is 0 Å². The molecule has 1 aromatic heterocycles. The maximum atomic E-state index is 4.65. The predicted molar refractivity (Wildman–Crippen MR) is 62.1 cm³/mol. The molecule has 84 valence electrons. The van der Waals surface area contributed by atoms with Gasteiger partial charge in [-0.15, -0.1) is 0 Å². The summed E-state index contributed by atoms with van der Waals surface area (Å²) in [6, 6.07) is 2.32. The van der Waals surface area contributed by atoms with Crippen molar-refractivity contribution in [2.75, 3.05) is 13.6 Å². The number of hydrogen-bond donors (Lipinski definition) is 1. The van der Waals surface area contributed by atoms with Gasteiger partial charge >= 0.3 is 0 Å². The van der Waals surface area contributed by atoms with E-state index in [1.54, 1.807) is 0 Å². The normalized spacial score (nSPS) is 15.9. The highest BCUT2D eigenvalue weighted by Gasteiger charge is 2.27. The smallest absolute Gasteiger partial charge is 0.0628 e. The zero-order valence-electron chi connectivity index (χ0n) is 9.79. The summed E-state index contributed by atoms with van der Waals surface area (Å²) >= 11 is 0. The van der Waals surface area contributed by atoms with Gasteiger partial charge in [0.15, 0.2) is 0 Å². The van der Waals surface area contributed by atoms with Crippen LogP contribution in [0.1, 0.15) is 43.5 Å². The molecule has 1 aliphatic rings. The topological polar surface area (TPSA) is 29.9 Å². The molecule has 0 atom stereocenters. The van der Waals surface area contributed by atoms with E-state index < -0.39 is 0 Å². The monoisotopic (exact) mass is 207 g/mol. The van der Waals surface area contributed by atoms with Crippen molar-refractivity contribution in [2.24, 2.45) is 0 Å². The molecule has 1 saturated carbocycles. The summed E-state index contributed by atoms with van der Waals surface area (Å²) in [5.74, 6) is 0.815. The lowest BCUT2D eigenvalue weighted by Gasteiger charge is -2.00. The van der Waals surface area contributed by atoms with Gasteiger partial charge in [-0.2, -0.15) is 5.10 Å². The lowest BCUT2D eigenvalue weighted by Crippen LogP contribution is -2.08. The number of nitrogens with zero attached hydrogens (tertiary/aromatic N) is 2. The maximum absolute atomic E-state index is 4.65. The largest absolute Gasteiger partial charge is 0.320 e. The first-order chi connectivity index (χ1) is 7.35. The standard InChI is InChI=1S/C12H21N3/c1-3-15-12(10-6-7-10)9-11(14-15)5-4-8-13-2/h9-10,13H,3-8H2,1-2H3. The molecule has 1 N–H and O–H groups in total. The van der Waals surface area contributed by atoms with Gasteiger partial charge in [-0.25, -0.2) is 0 Å². The molecular formula is C12H21N3. The molecule has 2 rings (SSSR count). The Kier molecular flexibility index (Phi) is 3.41. The molecule has 1 aliphatic carbocycles. The third-order valence-corrected chi connectivity index (χ3v) is 3.02. The molecule has 15 heavy (non-hydrogen) atoms. The van der Waals surface area contributed by atoms with E-state index in [9.17, 15) is 0 Å². The summed E-state index contributed by atoms with van der Waals surface area (Å²) in [5, 5.41) is 7.82. The van der Waals surface area contributed by atoms with Gasteiger partial charge in [0.2, 0.25) is 0 Å². The highest BCUT2D eigenvalue weighted by molar-refractivity contribution is 5.19. The van der Waals surface area contributed by atoms with Crippen LogP contribution in [0.25, 0.3) is 0 Å². The minimum Gasteiger partial charge on any atom is -0.320 e. The first kappa shape index (κ1) is 10.7. The van der Waals surface area contributed by atoms with Gasteiger partial charge < -0.3 is 5.32 Å². The van der Waals surface area contributed by atoms with Gasteiger partial charge in [-0.3, -0.25) is 4.68 Å². The van der Waals surface area contributed by atoms with Crippen molar-refractivity contribution in [2.45, 2.75) is 45.1 Å². The third kappa shape index (κ3) is 2.59. The summed E-state index contributed by atoms with van der Waals surface area (Å²) in [6.07, 6.45) is 5.01. The van der Waals surface area contributed by atoms with Crippen molar-refractivity contribution < 1.29 is 0 Å². The van der Waals surface area contributed by atoms with Crippen LogP contribution in [0.15, 0.2) is 6.07 Å². The maximum Gasteiger partial charge on any atom is 0.0628 e. The van der Waals surface area contributed by atoms with Crippen LogP contribution >= 0.6 is 0 Å². The SMILES string of the molecule is CCn1nc(CCCNC)cc1C1CC1. The summed E-state index contributed by atoms with van der Waals surface area (Å²) in [5.41, 5.74) is 2.74. The number of aromatic nitrogens is 2. The van der Waals surface area contributed by atoms with Crippen molar-refractivity contribution >= 4 is 0 Å². The molecule has 0 radical (unpaired) electrons. The Bertz CT molecular complexity index is 313. The zero-order valence-corrected chi connectivity index (χ0v) is 9.79. The van der Waals surface area contributed by atoms with E-state index in [0.29, 0.717) is 0 Å². The summed E-state index contributed by atoms with van der Waals surface area (Å²) in [4.78, 5) is 0. The van der Waals surface area contributed by atoms with Gasteiger partial charge in [-0.05, 0) is 52.3 Å². The second kappa shape index (κ2) is 4.79. The van der Waals surface area contributed by atoms with Crippen molar-refractivity contribution in [3.05, 3.63) is 17.5 Å².